The Balaban J connectivity index is 1.80. The molecule has 0 bridgehead atoms. The Morgan fingerprint density at radius 3 is 1.90 bits per heavy atom. The quantitative estimate of drug-likeness (QED) is 0.763. The summed E-state index contributed by atoms with van der Waals surface area (Å²) >= 11 is 0. The van der Waals surface area contributed by atoms with Crippen LogP contribution in [0.5, 0.6) is 0 Å². The van der Waals surface area contributed by atoms with Gasteiger partial charge in [0.15, 0.2) is 0 Å². The number of rotatable bonds is 3. The van der Waals surface area contributed by atoms with Crippen LogP contribution in [-0.4, -0.2) is 42.0 Å². The summed E-state index contributed by atoms with van der Waals surface area (Å²) in [6.45, 7) is 9.56. The van der Waals surface area contributed by atoms with Crippen molar-refractivity contribution >= 4 is 23.1 Å². The van der Waals surface area contributed by atoms with Gasteiger partial charge >= 0.3 is 7.12 Å². The van der Waals surface area contributed by atoms with Crippen molar-refractivity contribution in [3.63, 3.8) is 0 Å². The molecule has 21 heavy (non-hydrogen) atoms. The van der Waals surface area contributed by atoms with Gasteiger partial charge in [-0.05, 0) is 38.7 Å². The van der Waals surface area contributed by atoms with Crippen molar-refractivity contribution in [2.75, 3.05) is 13.2 Å². The Kier molecular flexibility index (Phi) is 3.58. The zero-order valence-corrected chi connectivity index (χ0v) is 15.4. The second kappa shape index (κ2) is 4.93. The van der Waals surface area contributed by atoms with Crippen LogP contribution in [0.2, 0.25) is 0 Å². The molecule has 0 amide bonds. The molecule has 2 heterocycles. The van der Waals surface area contributed by atoms with Crippen LogP contribution >= 0.6 is 0 Å². The molecule has 2 aliphatic rings. The largest absolute Gasteiger partial charge is 0.494 e. The first-order valence-corrected chi connectivity index (χ1v) is 8.20. The van der Waals surface area contributed by atoms with Crippen LogP contribution < -0.4 is 5.46 Å². The Morgan fingerprint density at radius 1 is 1.00 bits per heavy atom. The summed E-state index contributed by atoms with van der Waals surface area (Å²) in [4.78, 5) is 0. The van der Waals surface area contributed by atoms with E-state index in [-0.39, 0.29) is 23.9 Å². The third kappa shape index (κ3) is 2.39. The van der Waals surface area contributed by atoms with E-state index in [9.17, 15) is 0 Å². The average molecular weight is 306 g/mol. The van der Waals surface area contributed by atoms with E-state index < -0.39 is 0 Å². The Hall–Kier alpha value is -0.658. The number of ether oxygens (including phenoxy) is 1. The molecule has 0 aromatic heterocycles. The van der Waals surface area contributed by atoms with Gasteiger partial charge in [-0.25, -0.2) is 0 Å². The van der Waals surface area contributed by atoms with E-state index in [1.165, 1.54) is 5.56 Å². The minimum Gasteiger partial charge on any atom is -0.414 e. The molecule has 1 aromatic carbocycles. The Labute approximate surface area is 129 Å². The van der Waals surface area contributed by atoms with Crippen molar-refractivity contribution in [2.45, 2.75) is 44.5 Å². The van der Waals surface area contributed by atoms with Crippen molar-refractivity contribution in [1.82, 2.24) is 0 Å². The van der Waals surface area contributed by atoms with Crippen molar-refractivity contribution in [3.05, 3.63) is 29.8 Å². The van der Waals surface area contributed by atoms with Gasteiger partial charge in [0.05, 0.1) is 24.4 Å². The van der Waals surface area contributed by atoms with Gasteiger partial charge in [0.2, 0.25) is 0 Å². The van der Waals surface area contributed by atoms with E-state index in [0.29, 0.717) is 23.7 Å². The van der Waals surface area contributed by atoms with Crippen molar-refractivity contribution in [3.8, 4) is 0 Å². The molecular weight excluding hydrogens is 283 g/mol. The van der Waals surface area contributed by atoms with Crippen LogP contribution in [0.15, 0.2) is 24.3 Å². The number of hydrogen-bond acceptors (Lipinski definition) is 4. The molecule has 0 N–H and O–H groups in total. The van der Waals surface area contributed by atoms with Gasteiger partial charge in [0.25, 0.3) is 0 Å². The number of hydrogen-bond donors (Lipinski definition) is 0. The smallest absolute Gasteiger partial charge is 0.414 e. The monoisotopic (exact) mass is 306 g/mol. The van der Waals surface area contributed by atoms with Crippen molar-refractivity contribution in [2.24, 2.45) is 0 Å². The fourth-order valence-corrected chi connectivity index (χ4v) is 3.08. The van der Waals surface area contributed by atoms with E-state index in [1.54, 1.807) is 0 Å². The molecule has 2 saturated heterocycles. The molecular formula is C15H23BO4Si. The molecule has 0 unspecified atom stereocenters. The van der Waals surface area contributed by atoms with Gasteiger partial charge in [0.1, 0.15) is 16.1 Å². The fraction of sp³-hybridized carbons (Fsp3) is 0.600. The zero-order valence-electron chi connectivity index (χ0n) is 13.4. The molecule has 1 aromatic rings. The lowest BCUT2D eigenvalue weighted by Crippen LogP contribution is -2.48. The highest BCUT2D eigenvalue weighted by atomic mass is 28.2. The third-order valence-corrected chi connectivity index (χ3v) is 5.80. The molecule has 2 aliphatic heterocycles. The maximum Gasteiger partial charge on any atom is 0.494 e. The zero-order chi connectivity index (χ0) is 15.3. The highest BCUT2D eigenvalue weighted by molar-refractivity contribution is 6.62. The molecule has 0 radical (unpaired) electrons. The van der Waals surface area contributed by atoms with Gasteiger partial charge in [-0.1, -0.05) is 24.3 Å². The lowest BCUT2D eigenvalue weighted by molar-refractivity contribution is -0.165. The first kappa shape index (κ1) is 15.2. The average Bonchev–Trinajstić information content (AvgIpc) is 2.59. The maximum absolute atomic E-state index is 6.07. The summed E-state index contributed by atoms with van der Waals surface area (Å²) < 4.78 is 23.2. The Bertz CT molecular complexity index is 503. The standard InChI is InChI=1S/C15H23BO4Si/c1-13(2)14(3,4)19-16(18-13)12-7-5-11(6-8-12)15(20-21)9-17-10-15/h5-8H,9-10H2,1-4,21H3. The fourth-order valence-electron chi connectivity index (χ4n) is 2.61. The first-order valence-electron chi connectivity index (χ1n) is 7.39. The molecule has 2 fully saturated rings. The maximum atomic E-state index is 6.07. The third-order valence-electron chi connectivity index (χ3n) is 5.02. The highest BCUT2D eigenvalue weighted by Gasteiger charge is 2.51. The minimum absolute atomic E-state index is 0.222. The minimum atomic E-state index is -0.311. The van der Waals surface area contributed by atoms with Gasteiger partial charge in [0, 0.05) is 0 Å². The van der Waals surface area contributed by atoms with E-state index in [1.807, 2.05) is 0 Å². The first-order chi connectivity index (χ1) is 9.80. The predicted molar refractivity (Wildman–Crippen MR) is 85.7 cm³/mol. The van der Waals surface area contributed by atoms with Crippen molar-refractivity contribution < 1.29 is 18.5 Å². The van der Waals surface area contributed by atoms with E-state index >= 15 is 0 Å². The molecule has 3 rings (SSSR count). The summed E-state index contributed by atoms with van der Waals surface area (Å²) in [5.74, 6) is 0. The molecule has 0 saturated carbocycles. The molecule has 0 atom stereocenters. The van der Waals surface area contributed by atoms with Crippen LogP contribution in [-0.2, 0) is 24.1 Å². The molecule has 114 valence electrons. The molecule has 0 aliphatic carbocycles. The van der Waals surface area contributed by atoms with E-state index in [4.69, 9.17) is 18.5 Å². The summed E-state index contributed by atoms with van der Waals surface area (Å²) in [5, 5.41) is 0. The molecule has 6 heteroatoms. The van der Waals surface area contributed by atoms with Gasteiger partial charge in [-0.2, -0.15) is 0 Å². The second-order valence-electron chi connectivity index (χ2n) is 6.90. The SMILES string of the molecule is CC1(C)OB(c2ccc(C3(O[SiH3])COC3)cc2)OC1(C)C. The number of benzene rings is 1. The lowest BCUT2D eigenvalue weighted by atomic mass is 9.77. The van der Waals surface area contributed by atoms with E-state index in [2.05, 4.69) is 52.0 Å². The lowest BCUT2D eigenvalue weighted by Gasteiger charge is -2.41. The van der Waals surface area contributed by atoms with Crippen LogP contribution in [0, 0.1) is 0 Å². The summed E-state index contributed by atoms with van der Waals surface area (Å²) in [6.07, 6.45) is 0. The van der Waals surface area contributed by atoms with Gasteiger partial charge < -0.3 is 18.5 Å². The topological polar surface area (TPSA) is 36.9 Å². The second-order valence-corrected chi connectivity index (χ2v) is 7.31. The van der Waals surface area contributed by atoms with Crippen LogP contribution in [0.3, 0.4) is 0 Å². The van der Waals surface area contributed by atoms with Crippen LogP contribution in [0.25, 0.3) is 0 Å². The molecule has 4 nitrogen and oxygen atoms in total. The Morgan fingerprint density at radius 2 is 1.52 bits per heavy atom. The van der Waals surface area contributed by atoms with Crippen LogP contribution in [0.4, 0.5) is 0 Å². The van der Waals surface area contributed by atoms with Gasteiger partial charge in [-0.3, -0.25) is 0 Å². The molecule has 0 spiro atoms. The van der Waals surface area contributed by atoms with Gasteiger partial charge in [-0.15, -0.1) is 0 Å². The predicted octanol–water partition coefficient (Wildman–Crippen LogP) is 0.508. The van der Waals surface area contributed by atoms with Crippen LogP contribution in [0.1, 0.15) is 33.3 Å². The normalized spacial score (nSPS) is 25.8. The van der Waals surface area contributed by atoms with E-state index in [0.717, 1.165) is 5.46 Å². The highest BCUT2D eigenvalue weighted by Crippen LogP contribution is 2.37. The summed E-state index contributed by atoms with van der Waals surface area (Å²) in [7, 11) is 0.395. The summed E-state index contributed by atoms with van der Waals surface area (Å²) in [5.41, 5.74) is 1.38. The van der Waals surface area contributed by atoms with Crippen molar-refractivity contribution in [1.29, 1.82) is 0 Å². The summed E-state index contributed by atoms with van der Waals surface area (Å²) in [6, 6.07) is 8.33.